The summed E-state index contributed by atoms with van der Waals surface area (Å²) in [6.45, 7) is 4.25. The second kappa shape index (κ2) is 15.7. The third-order valence-electron chi connectivity index (χ3n) is 8.27. The van der Waals surface area contributed by atoms with Crippen LogP contribution < -0.4 is 9.62 Å². The van der Waals surface area contributed by atoms with E-state index in [4.69, 9.17) is 0 Å². The number of amides is 2. The van der Waals surface area contributed by atoms with Crippen molar-refractivity contribution in [3.63, 3.8) is 0 Å². The molecule has 1 aliphatic carbocycles. The lowest BCUT2D eigenvalue weighted by atomic mass is 9.94. The highest BCUT2D eigenvalue weighted by Gasteiger charge is 2.32. The van der Waals surface area contributed by atoms with Gasteiger partial charge < -0.3 is 10.2 Å². The van der Waals surface area contributed by atoms with Gasteiger partial charge in [-0.1, -0.05) is 89.8 Å². The number of sulfonamides is 1. The van der Waals surface area contributed by atoms with Crippen molar-refractivity contribution in [1.29, 1.82) is 0 Å². The number of anilines is 1. The lowest BCUT2D eigenvalue weighted by molar-refractivity contribution is -0.141. The maximum absolute atomic E-state index is 14.1. The molecule has 0 bridgehead atoms. The van der Waals surface area contributed by atoms with Crippen molar-refractivity contribution in [2.24, 2.45) is 0 Å². The first-order valence-corrected chi connectivity index (χ1v) is 18.1. The van der Waals surface area contributed by atoms with Crippen LogP contribution in [-0.4, -0.2) is 50.0 Å². The summed E-state index contributed by atoms with van der Waals surface area (Å²) in [5.74, 6) is -0.318. The fourth-order valence-corrected chi connectivity index (χ4v) is 7.13. The van der Waals surface area contributed by atoms with Crippen LogP contribution in [0.4, 0.5) is 5.69 Å². The number of aryl methyl sites for hydroxylation is 2. The zero-order chi connectivity index (χ0) is 31.7. The van der Waals surface area contributed by atoms with Crippen molar-refractivity contribution in [3.05, 3.63) is 99.5 Å². The van der Waals surface area contributed by atoms with Crippen molar-refractivity contribution in [2.45, 2.75) is 83.8 Å². The van der Waals surface area contributed by atoms with Gasteiger partial charge in [-0.05, 0) is 73.6 Å². The number of nitrogens with zero attached hydrogens (tertiary/aromatic N) is 2. The maximum atomic E-state index is 14.1. The Morgan fingerprint density at radius 1 is 0.932 bits per heavy atom. The molecule has 44 heavy (non-hydrogen) atoms. The quantitative estimate of drug-likeness (QED) is 0.218. The van der Waals surface area contributed by atoms with Crippen molar-refractivity contribution < 1.29 is 18.0 Å². The Balaban J connectivity index is 1.60. The van der Waals surface area contributed by atoms with E-state index >= 15 is 0 Å². The summed E-state index contributed by atoms with van der Waals surface area (Å²) in [5.41, 5.74) is 4.33. The summed E-state index contributed by atoms with van der Waals surface area (Å²) in [5, 5.41) is 3.27. The maximum Gasteiger partial charge on any atom is 0.243 e. The van der Waals surface area contributed by atoms with Crippen LogP contribution in [0.1, 0.15) is 67.2 Å². The molecule has 7 nitrogen and oxygen atoms in total. The second-order valence-corrected chi connectivity index (χ2v) is 14.7. The van der Waals surface area contributed by atoms with Gasteiger partial charge in [0.1, 0.15) is 6.04 Å². The summed E-state index contributed by atoms with van der Waals surface area (Å²) >= 11 is 3.49. The zero-order valence-electron chi connectivity index (χ0n) is 26.0. The van der Waals surface area contributed by atoms with E-state index in [0.29, 0.717) is 18.5 Å². The molecule has 0 aromatic heterocycles. The molecular weight excluding hydrogens is 638 g/mol. The van der Waals surface area contributed by atoms with Gasteiger partial charge in [-0.3, -0.25) is 13.9 Å². The topological polar surface area (TPSA) is 86.8 Å². The fraction of sp³-hybridized carbons (Fsp3) is 0.429. The molecule has 0 aliphatic heterocycles. The number of hydrogen-bond acceptors (Lipinski definition) is 4. The van der Waals surface area contributed by atoms with E-state index in [0.717, 1.165) is 52.4 Å². The summed E-state index contributed by atoms with van der Waals surface area (Å²) in [4.78, 5) is 29.8. The normalized spacial score (nSPS) is 14.5. The van der Waals surface area contributed by atoms with Gasteiger partial charge in [-0.2, -0.15) is 0 Å². The van der Waals surface area contributed by atoms with Gasteiger partial charge >= 0.3 is 0 Å². The minimum absolute atomic E-state index is 0.107. The van der Waals surface area contributed by atoms with Gasteiger partial charge in [0.25, 0.3) is 0 Å². The van der Waals surface area contributed by atoms with Crippen LogP contribution in [0.25, 0.3) is 0 Å². The van der Waals surface area contributed by atoms with Crippen LogP contribution in [-0.2, 0) is 32.6 Å². The largest absolute Gasteiger partial charge is 0.352 e. The van der Waals surface area contributed by atoms with Crippen LogP contribution in [0.5, 0.6) is 0 Å². The predicted octanol–water partition coefficient (Wildman–Crippen LogP) is 6.70. The van der Waals surface area contributed by atoms with Crippen LogP contribution in [0.2, 0.25) is 0 Å². The molecule has 236 valence electrons. The third-order valence-corrected chi connectivity index (χ3v) is 9.98. The number of halogens is 1. The summed E-state index contributed by atoms with van der Waals surface area (Å²) in [7, 11) is -3.58. The van der Waals surface area contributed by atoms with Gasteiger partial charge in [0, 0.05) is 36.4 Å². The van der Waals surface area contributed by atoms with Crippen LogP contribution in [0, 0.1) is 13.8 Å². The number of carbonyl (C=O) groups excluding carboxylic acids is 2. The zero-order valence-corrected chi connectivity index (χ0v) is 28.4. The van der Waals surface area contributed by atoms with E-state index in [1.165, 1.54) is 17.0 Å². The molecule has 0 radical (unpaired) electrons. The third kappa shape index (κ3) is 9.66. The molecule has 0 saturated heterocycles. The Labute approximate surface area is 271 Å². The molecular formula is C35H44BrN3O4S. The fourth-order valence-electron chi connectivity index (χ4n) is 5.86. The average Bonchev–Trinajstić information content (AvgIpc) is 2.99. The molecule has 1 N–H and O–H groups in total. The van der Waals surface area contributed by atoms with Gasteiger partial charge in [-0.25, -0.2) is 8.42 Å². The SMILES string of the molecule is Cc1ccc(C)c(N(CCCC(=O)N(Cc2ccc(Br)cc2)C(Cc2ccccc2)C(=O)NC2CCCCC2)S(C)(=O)=O)c1. The van der Waals surface area contributed by atoms with Gasteiger partial charge in [0.2, 0.25) is 21.8 Å². The Hall–Kier alpha value is -3.17. The Kier molecular flexibility index (Phi) is 12.0. The lowest BCUT2D eigenvalue weighted by Crippen LogP contribution is -2.52. The van der Waals surface area contributed by atoms with Crippen LogP contribution in [0.3, 0.4) is 0 Å². The molecule has 1 atom stereocenters. The molecule has 2 amide bonds. The molecule has 3 aromatic carbocycles. The van der Waals surface area contributed by atoms with E-state index in [1.54, 1.807) is 4.90 Å². The number of rotatable bonds is 13. The van der Waals surface area contributed by atoms with Gasteiger partial charge in [0.15, 0.2) is 0 Å². The number of carbonyl (C=O) groups is 2. The Bertz CT molecular complexity index is 1510. The predicted molar refractivity (Wildman–Crippen MR) is 181 cm³/mol. The van der Waals surface area contributed by atoms with Crippen molar-refractivity contribution in [3.8, 4) is 0 Å². The van der Waals surface area contributed by atoms with E-state index in [-0.39, 0.29) is 37.4 Å². The smallest absolute Gasteiger partial charge is 0.243 e. The highest BCUT2D eigenvalue weighted by molar-refractivity contribution is 9.10. The van der Waals surface area contributed by atoms with Gasteiger partial charge in [-0.15, -0.1) is 0 Å². The molecule has 1 unspecified atom stereocenters. The molecule has 1 fully saturated rings. The number of nitrogens with one attached hydrogen (secondary N) is 1. The highest BCUT2D eigenvalue weighted by atomic mass is 79.9. The Morgan fingerprint density at radius 3 is 2.27 bits per heavy atom. The molecule has 1 aliphatic rings. The van der Waals surface area contributed by atoms with Crippen molar-refractivity contribution in [1.82, 2.24) is 10.2 Å². The van der Waals surface area contributed by atoms with Crippen molar-refractivity contribution in [2.75, 3.05) is 17.1 Å². The van der Waals surface area contributed by atoms with E-state index < -0.39 is 16.1 Å². The first-order chi connectivity index (χ1) is 21.0. The molecule has 4 rings (SSSR count). The highest BCUT2D eigenvalue weighted by Crippen LogP contribution is 2.25. The van der Waals surface area contributed by atoms with E-state index in [1.807, 2.05) is 86.6 Å². The monoisotopic (exact) mass is 681 g/mol. The van der Waals surface area contributed by atoms with E-state index in [9.17, 15) is 18.0 Å². The number of benzene rings is 3. The van der Waals surface area contributed by atoms with Gasteiger partial charge in [0.05, 0.1) is 11.9 Å². The molecule has 9 heteroatoms. The first kappa shape index (κ1) is 33.7. The second-order valence-electron chi connectivity index (χ2n) is 11.9. The lowest BCUT2D eigenvalue weighted by Gasteiger charge is -2.34. The number of hydrogen-bond donors (Lipinski definition) is 1. The minimum Gasteiger partial charge on any atom is -0.352 e. The van der Waals surface area contributed by atoms with Crippen LogP contribution >= 0.6 is 15.9 Å². The molecule has 1 saturated carbocycles. The minimum atomic E-state index is -3.58. The Morgan fingerprint density at radius 2 is 1.61 bits per heavy atom. The molecule has 0 spiro atoms. The van der Waals surface area contributed by atoms with Crippen molar-refractivity contribution >= 4 is 43.5 Å². The summed E-state index contributed by atoms with van der Waals surface area (Å²) < 4.78 is 28.0. The first-order valence-electron chi connectivity index (χ1n) is 15.4. The van der Waals surface area contributed by atoms with Crippen LogP contribution in [0.15, 0.2) is 77.3 Å². The molecule has 0 heterocycles. The molecule has 3 aromatic rings. The standard InChI is InChI=1S/C35H44BrN3O4S/c1-26-16-17-27(2)32(23-26)39(44(3,42)43)22-10-15-34(40)38(25-29-18-20-30(36)21-19-29)33(24-28-11-6-4-7-12-28)35(41)37-31-13-8-5-9-14-31/h4,6-7,11-12,16-21,23,31,33H,5,8-10,13-15,22,24-25H2,1-3H3,(H,37,41). The summed E-state index contributed by atoms with van der Waals surface area (Å²) in [6, 6.07) is 22.7. The average molecular weight is 683 g/mol. The van der Waals surface area contributed by atoms with E-state index in [2.05, 4.69) is 21.2 Å². The summed E-state index contributed by atoms with van der Waals surface area (Å²) in [6.07, 6.45) is 7.27.